The third-order valence-electron chi connectivity index (χ3n) is 3.85. The molecule has 0 aliphatic heterocycles. The van der Waals surface area contributed by atoms with E-state index in [1.54, 1.807) is 7.11 Å². The highest BCUT2D eigenvalue weighted by Gasteiger charge is 2.41. The van der Waals surface area contributed by atoms with Crippen molar-refractivity contribution in [2.24, 2.45) is 5.41 Å². The summed E-state index contributed by atoms with van der Waals surface area (Å²) in [7, 11) is 1.71. The van der Waals surface area contributed by atoms with E-state index in [1.165, 1.54) is 16.7 Å². The largest absolute Gasteiger partial charge is 0.496 e. The van der Waals surface area contributed by atoms with E-state index in [9.17, 15) is 5.11 Å². The number of benzene rings is 1. The highest BCUT2D eigenvalue weighted by atomic mass is 16.5. The fourth-order valence-corrected chi connectivity index (χ4v) is 2.50. The Morgan fingerprint density at radius 1 is 1.28 bits per heavy atom. The molecule has 0 saturated heterocycles. The zero-order chi connectivity index (χ0) is 13.2. The molecule has 1 aromatic carbocycles. The molecule has 2 N–H and O–H groups in total. The van der Waals surface area contributed by atoms with Gasteiger partial charge in [-0.3, -0.25) is 0 Å². The predicted molar refractivity (Wildman–Crippen MR) is 72.9 cm³/mol. The molecule has 0 heterocycles. The topological polar surface area (TPSA) is 41.5 Å². The lowest BCUT2D eigenvalue weighted by Crippen LogP contribution is -2.26. The Hall–Kier alpha value is -1.06. The first-order chi connectivity index (χ1) is 8.60. The zero-order valence-corrected chi connectivity index (χ0v) is 11.5. The third kappa shape index (κ3) is 2.85. The minimum absolute atomic E-state index is 0.177. The average Bonchev–Trinajstić information content (AvgIpc) is 3.09. The van der Waals surface area contributed by atoms with Crippen LogP contribution in [-0.4, -0.2) is 25.4 Å². The Bertz CT molecular complexity index is 401. The molecule has 1 saturated carbocycles. The summed E-state index contributed by atoms with van der Waals surface area (Å²) in [6, 6.07) is 4.33. The van der Waals surface area contributed by atoms with Crippen LogP contribution < -0.4 is 10.1 Å². The van der Waals surface area contributed by atoms with E-state index in [0.29, 0.717) is 6.61 Å². The SMILES string of the molecule is COc1c(C)cc(CNCC2(CO)CC2)cc1C. The number of aliphatic hydroxyl groups is 1. The monoisotopic (exact) mass is 249 g/mol. The van der Waals surface area contributed by atoms with Crippen molar-refractivity contribution in [1.29, 1.82) is 0 Å². The van der Waals surface area contributed by atoms with Crippen molar-refractivity contribution >= 4 is 0 Å². The summed E-state index contributed by atoms with van der Waals surface area (Å²) in [5.74, 6) is 0.979. The zero-order valence-electron chi connectivity index (χ0n) is 11.5. The van der Waals surface area contributed by atoms with Crippen molar-refractivity contribution in [3.63, 3.8) is 0 Å². The number of hydrogen-bond donors (Lipinski definition) is 2. The van der Waals surface area contributed by atoms with Crippen LogP contribution in [0.3, 0.4) is 0 Å². The lowest BCUT2D eigenvalue weighted by Gasteiger charge is -2.15. The van der Waals surface area contributed by atoms with Gasteiger partial charge in [0.15, 0.2) is 0 Å². The maximum Gasteiger partial charge on any atom is 0.124 e. The molecule has 3 nitrogen and oxygen atoms in total. The van der Waals surface area contributed by atoms with Crippen LogP contribution in [0.5, 0.6) is 5.75 Å². The van der Waals surface area contributed by atoms with Crippen LogP contribution in [0.4, 0.5) is 0 Å². The molecular formula is C15H23NO2. The third-order valence-corrected chi connectivity index (χ3v) is 3.85. The number of aryl methyl sites for hydroxylation is 2. The first kappa shape index (κ1) is 13.4. The molecule has 0 bridgehead atoms. The molecule has 3 heteroatoms. The molecule has 0 amide bonds. The van der Waals surface area contributed by atoms with E-state index in [2.05, 4.69) is 31.3 Å². The van der Waals surface area contributed by atoms with Crippen LogP contribution in [0.25, 0.3) is 0 Å². The van der Waals surface area contributed by atoms with Crippen LogP contribution in [0, 0.1) is 19.3 Å². The summed E-state index contributed by atoms with van der Waals surface area (Å²) in [6.07, 6.45) is 2.30. The van der Waals surface area contributed by atoms with Gasteiger partial charge in [0, 0.05) is 25.1 Å². The summed E-state index contributed by atoms with van der Waals surface area (Å²) in [4.78, 5) is 0. The normalized spacial score (nSPS) is 16.7. The second kappa shape index (κ2) is 5.29. The van der Waals surface area contributed by atoms with Gasteiger partial charge < -0.3 is 15.2 Å². The number of ether oxygens (including phenoxy) is 1. The molecule has 0 spiro atoms. The molecule has 1 aliphatic rings. The van der Waals surface area contributed by atoms with Crippen molar-refractivity contribution in [3.8, 4) is 5.75 Å². The second-order valence-electron chi connectivity index (χ2n) is 5.52. The van der Waals surface area contributed by atoms with Crippen molar-refractivity contribution < 1.29 is 9.84 Å². The van der Waals surface area contributed by atoms with Crippen LogP contribution in [0.1, 0.15) is 29.5 Å². The van der Waals surface area contributed by atoms with E-state index in [4.69, 9.17) is 4.74 Å². The lowest BCUT2D eigenvalue weighted by molar-refractivity contribution is 0.207. The number of nitrogens with one attached hydrogen (secondary N) is 1. The van der Waals surface area contributed by atoms with Gasteiger partial charge in [-0.15, -0.1) is 0 Å². The molecule has 2 rings (SSSR count). The van der Waals surface area contributed by atoms with Gasteiger partial charge in [0.2, 0.25) is 0 Å². The fourth-order valence-electron chi connectivity index (χ4n) is 2.50. The summed E-state index contributed by atoms with van der Waals surface area (Å²) >= 11 is 0. The number of rotatable bonds is 6. The Morgan fingerprint density at radius 2 is 1.89 bits per heavy atom. The standard InChI is InChI=1S/C15H23NO2/c1-11-6-13(7-12(2)14(11)18-3)8-16-9-15(10-17)4-5-15/h6-7,16-17H,4-5,8-10H2,1-3H3. The molecule has 0 radical (unpaired) electrons. The maximum absolute atomic E-state index is 9.25. The molecule has 0 atom stereocenters. The van der Waals surface area contributed by atoms with Gasteiger partial charge >= 0.3 is 0 Å². The molecule has 0 aromatic heterocycles. The minimum Gasteiger partial charge on any atom is -0.496 e. The first-order valence-corrected chi connectivity index (χ1v) is 6.56. The van der Waals surface area contributed by atoms with E-state index in [0.717, 1.165) is 31.7 Å². The van der Waals surface area contributed by atoms with Gasteiger partial charge in [-0.05, 0) is 43.4 Å². The van der Waals surface area contributed by atoms with Gasteiger partial charge in [-0.25, -0.2) is 0 Å². The van der Waals surface area contributed by atoms with Gasteiger partial charge in [0.1, 0.15) is 5.75 Å². The summed E-state index contributed by atoms with van der Waals surface area (Å²) < 4.78 is 5.36. The average molecular weight is 249 g/mol. The second-order valence-corrected chi connectivity index (χ2v) is 5.52. The van der Waals surface area contributed by atoms with Crippen LogP contribution in [0.15, 0.2) is 12.1 Å². The molecule has 1 aliphatic carbocycles. The van der Waals surface area contributed by atoms with Crippen LogP contribution >= 0.6 is 0 Å². The highest BCUT2D eigenvalue weighted by molar-refractivity contribution is 5.43. The van der Waals surface area contributed by atoms with Gasteiger partial charge in [-0.1, -0.05) is 12.1 Å². The Labute approximate surface area is 109 Å². The van der Waals surface area contributed by atoms with Gasteiger partial charge in [0.25, 0.3) is 0 Å². The van der Waals surface area contributed by atoms with Gasteiger partial charge in [0.05, 0.1) is 7.11 Å². The van der Waals surface area contributed by atoms with Crippen molar-refractivity contribution in [1.82, 2.24) is 5.32 Å². The smallest absolute Gasteiger partial charge is 0.124 e. The van der Waals surface area contributed by atoms with Crippen molar-refractivity contribution in [3.05, 3.63) is 28.8 Å². The quantitative estimate of drug-likeness (QED) is 0.812. The molecule has 100 valence electrons. The van der Waals surface area contributed by atoms with Crippen LogP contribution in [0.2, 0.25) is 0 Å². The Kier molecular flexibility index (Phi) is 3.93. The van der Waals surface area contributed by atoms with E-state index < -0.39 is 0 Å². The number of hydrogen-bond acceptors (Lipinski definition) is 3. The number of aliphatic hydroxyl groups excluding tert-OH is 1. The highest BCUT2D eigenvalue weighted by Crippen LogP contribution is 2.44. The maximum atomic E-state index is 9.25. The molecule has 0 unspecified atom stereocenters. The van der Waals surface area contributed by atoms with E-state index >= 15 is 0 Å². The Balaban J connectivity index is 1.93. The number of methoxy groups -OCH3 is 1. The van der Waals surface area contributed by atoms with E-state index in [1.807, 2.05) is 0 Å². The molecular weight excluding hydrogens is 226 g/mol. The minimum atomic E-state index is 0.177. The fraction of sp³-hybridized carbons (Fsp3) is 0.600. The van der Waals surface area contributed by atoms with Crippen molar-refractivity contribution in [2.75, 3.05) is 20.3 Å². The summed E-state index contributed by atoms with van der Waals surface area (Å²) in [5, 5.41) is 12.7. The summed E-state index contributed by atoms with van der Waals surface area (Å²) in [5.41, 5.74) is 3.81. The lowest BCUT2D eigenvalue weighted by atomic mass is 10.0. The first-order valence-electron chi connectivity index (χ1n) is 6.56. The summed E-state index contributed by atoms with van der Waals surface area (Å²) in [6.45, 7) is 6.22. The van der Waals surface area contributed by atoms with Crippen molar-refractivity contribution in [2.45, 2.75) is 33.2 Å². The van der Waals surface area contributed by atoms with Gasteiger partial charge in [-0.2, -0.15) is 0 Å². The molecule has 18 heavy (non-hydrogen) atoms. The molecule has 1 fully saturated rings. The predicted octanol–water partition coefficient (Wildman–Crippen LogP) is 2.17. The molecule has 1 aromatic rings. The van der Waals surface area contributed by atoms with Crippen LogP contribution in [-0.2, 0) is 6.54 Å². The Morgan fingerprint density at radius 3 is 2.33 bits per heavy atom. The van der Waals surface area contributed by atoms with E-state index in [-0.39, 0.29) is 5.41 Å².